The summed E-state index contributed by atoms with van der Waals surface area (Å²) in [5.41, 5.74) is 5.91. The smallest absolute Gasteiger partial charge is 0.399 e. The maximum absolute atomic E-state index is 13.2. The van der Waals surface area contributed by atoms with E-state index in [-0.39, 0.29) is 36.9 Å². The molecule has 2 aromatic heterocycles. The molecule has 1 aliphatic heterocycles. The van der Waals surface area contributed by atoms with Gasteiger partial charge in [-0.15, -0.1) is 0 Å². The molecule has 0 radical (unpaired) electrons. The number of benzene rings is 1. The molecule has 0 saturated carbocycles. The van der Waals surface area contributed by atoms with Crippen LogP contribution in [0.2, 0.25) is 0 Å². The highest BCUT2D eigenvalue weighted by molar-refractivity contribution is 5.94. The Morgan fingerprint density at radius 2 is 1.92 bits per heavy atom. The lowest BCUT2D eigenvalue weighted by Crippen LogP contribution is -2.36. The van der Waals surface area contributed by atoms with Gasteiger partial charge in [0.2, 0.25) is 11.9 Å². The molecule has 4 rings (SSSR count). The molecule has 1 aromatic carbocycles. The van der Waals surface area contributed by atoms with E-state index in [4.69, 9.17) is 10.5 Å². The number of amides is 1. The van der Waals surface area contributed by atoms with Crippen LogP contribution in [0.5, 0.6) is 0 Å². The van der Waals surface area contributed by atoms with Gasteiger partial charge in [-0.05, 0) is 43.3 Å². The standard InChI is InChI=1S/C24H29F3N8O2/c1-29-4-3-21(36)33-23-32-19-14-31-20(35-6-8-37-9-7-35)13-18(19)22(34-23)30-5-2-15-10-16(24(25,26)27)12-17(28)11-15/h10-14,29H,2-9,28H2,1H3,(H2,30,32,33,34,36). The number of alkyl halides is 3. The zero-order chi connectivity index (χ0) is 26.4. The number of nitrogens with zero attached hydrogens (tertiary/aromatic N) is 4. The third-order valence-electron chi connectivity index (χ3n) is 5.80. The summed E-state index contributed by atoms with van der Waals surface area (Å²) in [4.78, 5) is 27.8. The Morgan fingerprint density at radius 3 is 2.65 bits per heavy atom. The van der Waals surface area contributed by atoms with Crippen molar-refractivity contribution in [2.75, 3.05) is 67.7 Å². The van der Waals surface area contributed by atoms with Gasteiger partial charge in [-0.3, -0.25) is 10.1 Å². The molecule has 1 aliphatic rings. The second kappa shape index (κ2) is 11.6. The normalized spacial score (nSPS) is 14.1. The number of hydrogen-bond donors (Lipinski definition) is 4. The minimum atomic E-state index is -4.48. The summed E-state index contributed by atoms with van der Waals surface area (Å²) in [6, 6.07) is 5.38. The number of pyridine rings is 1. The topological polar surface area (TPSA) is 130 Å². The van der Waals surface area contributed by atoms with Crippen molar-refractivity contribution in [2.45, 2.75) is 19.0 Å². The lowest BCUT2D eigenvalue weighted by molar-refractivity contribution is -0.137. The molecule has 10 nitrogen and oxygen atoms in total. The van der Waals surface area contributed by atoms with Crippen LogP contribution >= 0.6 is 0 Å². The molecule has 1 amide bonds. The molecule has 0 aliphatic carbocycles. The molecule has 13 heteroatoms. The first kappa shape index (κ1) is 26.4. The SMILES string of the molecule is CNCCC(=O)Nc1nc(NCCc2cc(N)cc(C(F)(F)F)c2)c2cc(N3CCOCC3)ncc2n1. The summed E-state index contributed by atoms with van der Waals surface area (Å²) in [7, 11) is 1.75. The summed E-state index contributed by atoms with van der Waals surface area (Å²) < 4.78 is 45.0. The van der Waals surface area contributed by atoms with Crippen molar-refractivity contribution in [2.24, 2.45) is 0 Å². The largest absolute Gasteiger partial charge is 0.416 e. The van der Waals surface area contributed by atoms with Crippen molar-refractivity contribution >= 4 is 40.1 Å². The highest BCUT2D eigenvalue weighted by Crippen LogP contribution is 2.31. The Hall–Kier alpha value is -3.71. The van der Waals surface area contributed by atoms with Crippen LogP contribution in [-0.4, -0.2) is 67.3 Å². The third kappa shape index (κ3) is 6.95. The average Bonchev–Trinajstić information content (AvgIpc) is 2.87. The first-order valence-electron chi connectivity index (χ1n) is 11.9. The van der Waals surface area contributed by atoms with Gasteiger partial charge in [-0.1, -0.05) is 0 Å². The lowest BCUT2D eigenvalue weighted by Gasteiger charge is -2.28. The number of nitrogen functional groups attached to an aromatic ring is 1. The fourth-order valence-electron chi connectivity index (χ4n) is 3.95. The number of morpholine rings is 1. The third-order valence-corrected chi connectivity index (χ3v) is 5.80. The maximum atomic E-state index is 13.2. The van der Waals surface area contributed by atoms with E-state index in [0.717, 1.165) is 18.0 Å². The van der Waals surface area contributed by atoms with Crippen LogP contribution in [0.3, 0.4) is 0 Å². The van der Waals surface area contributed by atoms with E-state index >= 15 is 0 Å². The quantitative estimate of drug-likeness (QED) is 0.316. The van der Waals surface area contributed by atoms with Crippen molar-refractivity contribution in [1.29, 1.82) is 0 Å². The fourth-order valence-corrected chi connectivity index (χ4v) is 3.95. The highest BCUT2D eigenvalue weighted by atomic mass is 19.4. The van der Waals surface area contributed by atoms with E-state index in [1.54, 1.807) is 13.2 Å². The zero-order valence-electron chi connectivity index (χ0n) is 20.4. The lowest BCUT2D eigenvalue weighted by atomic mass is 10.1. The Balaban J connectivity index is 1.59. The molecule has 1 saturated heterocycles. The molecule has 0 unspecified atom stereocenters. The minimum Gasteiger partial charge on any atom is -0.399 e. The Labute approximate surface area is 211 Å². The second-order valence-electron chi connectivity index (χ2n) is 8.59. The molecule has 37 heavy (non-hydrogen) atoms. The number of carbonyl (C=O) groups excluding carboxylic acids is 1. The van der Waals surface area contributed by atoms with E-state index < -0.39 is 11.7 Å². The number of rotatable bonds is 9. The molecule has 1 fully saturated rings. The van der Waals surface area contributed by atoms with Crippen molar-refractivity contribution in [3.63, 3.8) is 0 Å². The molecule has 198 valence electrons. The van der Waals surface area contributed by atoms with E-state index in [2.05, 4.69) is 35.8 Å². The monoisotopic (exact) mass is 518 g/mol. The number of hydrogen-bond acceptors (Lipinski definition) is 9. The minimum absolute atomic E-state index is 0.0464. The number of nitrogens with two attached hydrogens (primary N) is 1. The molecular formula is C24H29F3N8O2. The second-order valence-corrected chi connectivity index (χ2v) is 8.59. The summed E-state index contributed by atoms with van der Waals surface area (Å²) in [6.45, 7) is 3.35. The molecule has 3 heterocycles. The van der Waals surface area contributed by atoms with Gasteiger partial charge in [0.1, 0.15) is 11.6 Å². The van der Waals surface area contributed by atoms with Gasteiger partial charge < -0.3 is 26.0 Å². The van der Waals surface area contributed by atoms with Crippen LogP contribution in [0.1, 0.15) is 17.5 Å². The van der Waals surface area contributed by atoms with E-state index in [9.17, 15) is 18.0 Å². The van der Waals surface area contributed by atoms with Crippen LogP contribution < -0.4 is 26.6 Å². The van der Waals surface area contributed by atoms with Gasteiger partial charge in [0.15, 0.2) is 0 Å². The number of ether oxygens (including phenoxy) is 1. The van der Waals surface area contributed by atoms with Gasteiger partial charge in [-0.25, -0.2) is 9.97 Å². The van der Waals surface area contributed by atoms with Gasteiger partial charge in [0.25, 0.3) is 0 Å². The molecular weight excluding hydrogens is 489 g/mol. The molecule has 0 bridgehead atoms. The highest BCUT2D eigenvalue weighted by Gasteiger charge is 2.31. The zero-order valence-corrected chi connectivity index (χ0v) is 20.4. The number of nitrogens with one attached hydrogen (secondary N) is 3. The van der Waals surface area contributed by atoms with Gasteiger partial charge in [0.05, 0.1) is 30.5 Å². The Morgan fingerprint density at radius 1 is 1.14 bits per heavy atom. The molecule has 5 N–H and O–H groups in total. The first-order chi connectivity index (χ1) is 17.7. The van der Waals surface area contributed by atoms with Crippen LogP contribution in [0.4, 0.5) is 36.4 Å². The predicted molar refractivity (Wildman–Crippen MR) is 136 cm³/mol. The number of anilines is 4. The molecule has 0 spiro atoms. The number of carbonyl (C=O) groups is 1. The van der Waals surface area contributed by atoms with Crippen molar-refractivity contribution in [1.82, 2.24) is 20.3 Å². The van der Waals surface area contributed by atoms with E-state index in [1.165, 1.54) is 6.07 Å². The van der Waals surface area contributed by atoms with Gasteiger partial charge in [-0.2, -0.15) is 18.2 Å². The first-order valence-corrected chi connectivity index (χ1v) is 11.9. The van der Waals surface area contributed by atoms with Crippen LogP contribution in [-0.2, 0) is 22.1 Å². The van der Waals surface area contributed by atoms with Crippen LogP contribution in [0.15, 0.2) is 30.5 Å². The maximum Gasteiger partial charge on any atom is 0.416 e. The Kier molecular flexibility index (Phi) is 8.24. The number of halogens is 3. The van der Waals surface area contributed by atoms with E-state index in [0.29, 0.717) is 55.1 Å². The number of fused-ring (bicyclic) bond motifs is 1. The Bertz CT molecular complexity index is 1250. The van der Waals surface area contributed by atoms with Crippen LogP contribution in [0, 0.1) is 0 Å². The van der Waals surface area contributed by atoms with Gasteiger partial charge >= 0.3 is 6.18 Å². The summed E-state index contributed by atoms with van der Waals surface area (Å²) in [6.07, 6.45) is -2.36. The fraction of sp³-hybridized carbons (Fsp3) is 0.417. The molecule has 0 atom stereocenters. The summed E-state index contributed by atoms with van der Waals surface area (Å²) >= 11 is 0. The number of aromatic nitrogens is 3. The van der Waals surface area contributed by atoms with Gasteiger partial charge in [0, 0.05) is 43.7 Å². The van der Waals surface area contributed by atoms with Crippen molar-refractivity contribution in [3.05, 3.63) is 41.6 Å². The van der Waals surface area contributed by atoms with Crippen molar-refractivity contribution < 1.29 is 22.7 Å². The predicted octanol–water partition coefficient (Wildman–Crippen LogP) is 2.67. The summed E-state index contributed by atoms with van der Waals surface area (Å²) in [5, 5.41) is 9.46. The summed E-state index contributed by atoms with van der Waals surface area (Å²) in [5.74, 6) is 1.03. The average molecular weight is 519 g/mol. The van der Waals surface area contributed by atoms with E-state index in [1.807, 2.05) is 6.07 Å². The molecule has 3 aromatic rings. The van der Waals surface area contributed by atoms with Crippen molar-refractivity contribution in [3.8, 4) is 0 Å². The van der Waals surface area contributed by atoms with Crippen LogP contribution in [0.25, 0.3) is 10.9 Å².